The van der Waals surface area contributed by atoms with Crippen LogP contribution in [0, 0.1) is 5.92 Å². The van der Waals surface area contributed by atoms with Gasteiger partial charge in [-0.3, -0.25) is 0 Å². The molecule has 2 N–H and O–H groups in total. The zero-order valence-corrected chi connectivity index (χ0v) is 20.2. The van der Waals surface area contributed by atoms with Gasteiger partial charge in [0.2, 0.25) is 0 Å². The van der Waals surface area contributed by atoms with Crippen LogP contribution in [0.2, 0.25) is 0 Å². The molecule has 2 aliphatic rings. The van der Waals surface area contributed by atoms with Crippen LogP contribution in [0.3, 0.4) is 0 Å². The van der Waals surface area contributed by atoms with Crippen LogP contribution in [0.4, 0.5) is 0 Å². The third kappa shape index (κ3) is 5.39. The summed E-state index contributed by atoms with van der Waals surface area (Å²) in [6.45, 7) is 9.64. The van der Waals surface area contributed by atoms with E-state index in [1.54, 1.807) is 0 Å². The first-order valence-electron chi connectivity index (χ1n) is 11.6. The average molecular weight is 444 g/mol. The van der Waals surface area contributed by atoms with E-state index in [9.17, 15) is 10.2 Å². The zero-order chi connectivity index (χ0) is 22.6. The van der Waals surface area contributed by atoms with Crippen molar-refractivity contribution in [2.75, 3.05) is 13.2 Å². The first-order chi connectivity index (χ1) is 14.7. The minimum Gasteiger partial charge on any atom is -0.508 e. The Kier molecular flexibility index (Phi) is 7.62. The second-order valence-electron chi connectivity index (χ2n) is 10.3. The Morgan fingerprint density at radius 1 is 1.23 bits per heavy atom. The maximum atomic E-state index is 11.1. The normalized spacial score (nSPS) is 21.9. The number of aromatic hydroxyl groups is 1. The van der Waals surface area contributed by atoms with Gasteiger partial charge in [-0.05, 0) is 80.4 Å². The standard InChI is InChI=1S/C26H37NO3S/c1-25(2,11-7-5-6-8-12-27-17-31)19-14-22(29)24-20-13-18(16-28)9-10-21(20)26(3,4)30-23(24)15-19/h9,14-15,20-21,28-29H,5-8,10-13,16H2,1-4H3/t20-,21-/m1/s1. The van der Waals surface area contributed by atoms with Gasteiger partial charge in [0.05, 0.1) is 11.8 Å². The summed E-state index contributed by atoms with van der Waals surface area (Å²) in [5.41, 5.74) is 2.74. The van der Waals surface area contributed by atoms with Gasteiger partial charge in [-0.2, -0.15) is 0 Å². The maximum Gasteiger partial charge on any atom is 0.127 e. The predicted octanol–water partition coefficient (Wildman–Crippen LogP) is 6.31. The molecule has 5 heteroatoms. The predicted molar refractivity (Wildman–Crippen MR) is 129 cm³/mol. The van der Waals surface area contributed by atoms with Crippen LogP contribution in [-0.4, -0.2) is 34.1 Å². The topological polar surface area (TPSA) is 62.1 Å². The van der Waals surface area contributed by atoms with Crippen LogP contribution in [0.25, 0.3) is 0 Å². The number of aliphatic hydroxyl groups is 1. The van der Waals surface area contributed by atoms with E-state index in [2.05, 4.69) is 62.2 Å². The SMILES string of the molecule is CC(C)(CCCCCCN=C=S)c1cc(O)c2c(c1)OC(C)(C)[C@@H]1CC=C(CO)C[C@@H]21. The van der Waals surface area contributed by atoms with Crippen LogP contribution < -0.4 is 4.74 Å². The molecule has 3 rings (SSSR count). The number of hydrogen-bond donors (Lipinski definition) is 2. The molecule has 0 fully saturated rings. The van der Waals surface area contributed by atoms with Crippen LogP contribution in [-0.2, 0) is 5.41 Å². The van der Waals surface area contributed by atoms with E-state index >= 15 is 0 Å². The lowest BCUT2D eigenvalue weighted by Crippen LogP contribution is -2.45. The number of isothiocyanates is 1. The Hall–Kier alpha value is -1.68. The van der Waals surface area contributed by atoms with Crippen molar-refractivity contribution >= 4 is 17.4 Å². The first kappa shape index (κ1) is 24.0. The lowest BCUT2D eigenvalue weighted by atomic mass is 9.66. The number of fused-ring (bicyclic) bond motifs is 3. The molecule has 0 bridgehead atoms. The maximum absolute atomic E-state index is 11.1. The number of nitrogens with zero attached hydrogens (tertiary/aromatic N) is 1. The molecule has 0 spiro atoms. The van der Waals surface area contributed by atoms with E-state index in [4.69, 9.17) is 4.74 Å². The Morgan fingerprint density at radius 2 is 1.97 bits per heavy atom. The molecule has 1 aromatic carbocycles. The van der Waals surface area contributed by atoms with E-state index < -0.39 is 0 Å². The first-order valence-corrected chi connectivity index (χ1v) is 12.0. The molecule has 170 valence electrons. The number of allylic oxidation sites excluding steroid dienone is 1. The lowest BCUT2D eigenvalue weighted by Gasteiger charge is -2.47. The third-order valence-electron chi connectivity index (χ3n) is 7.26. The summed E-state index contributed by atoms with van der Waals surface area (Å²) in [4.78, 5) is 3.97. The molecular weight excluding hydrogens is 406 g/mol. The van der Waals surface area contributed by atoms with E-state index in [-0.39, 0.29) is 23.5 Å². The molecule has 31 heavy (non-hydrogen) atoms. The van der Waals surface area contributed by atoms with Crippen LogP contribution in [0.5, 0.6) is 11.5 Å². The number of aliphatic hydroxyl groups excluding tert-OH is 1. The van der Waals surface area contributed by atoms with Gasteiger partial charge in [0, 0.05) is 23.9 Å². The number of ether oxygens (including phenoxy) is 1. The second-order valence-corrected chi connectivity index (χ2v) is 10.5. The van der Waals surface area contributed by atoms with Crippen molar-refractivity contribution in [3.63, 3.8) is 0 Å². The van der Waals surface area contributed by atoms with Crippen molar-refractivity contribution in [1.82, 2.24) is 0 Å². The molecule has 1 aliphatic carbocycles. The fourth-order valence-electron chi connectivity index (χ4n) is 5.29. The summed E-state index contributed by atoms with van der Waals surface area (Å²) in [5, 5.41) is 23.2. The van der Waals surface area contributed by atoms with Crippen LogP contribution in [0.1, 0.15) is 89.7 Å². The quantitative estimate of drug-likeness (QED) is 0.203. The number of hydrogen-bond acceptors (Lipinski definition) is 5. The lowest BCUT2D eigenvalue weighted by molar-refractivity contribution is 0.00662. The molecule has 0 unspecified atom stereocenters. The van der Waals surface area contributed by atoms with Gasteiger partial charge >= 0.3 is 0 Å². The molecule has 1 aliphatic heterocycles. The van der Waals surface area contributed by atoms with Crippen molar-refractivity contribution in [2.45, 2.75) is 89.6 Å². The fraction of sp³-hybridized carbons (Fsp3) is 0.654. The van der Waals surface area contributed by atoms with Gasteiger partial charge in [0.25, 0.3) is 0 Å². The Morgan fingerprint density at radius 3 is 2.68 bits per heavy atom. The van der Waals surface area contributed by atoms with Crippen molar-refractivity contribution in [3.8, 4) is 11.5 Å². The fourth-order valence-corrected chi connectivity index (χ4v) is 5.38. The van der Waals surface area contributed by atoms with E-state index in [1.807, 2.05) is 6.07 Å². The summed E-state index contributed by atoms with van der Waals surface area (Å²) in [5.74, 6) is 1.62. The summed E-state index contributed by atoms with van der Waals surface area (Å²) in [7, 11) is 0. The minimum absolute atomic E-state index is 0.0495. The highest BCUT2D eigenvalue weighted by atomic mass is 32.1. The Labute approximate surface area is 192 Å². The largest absolute Gasteiger partial charge is 0.508 e. The van der Waals surface area contributed by atoms with Gasteiger partial charge in [0.15, 0.2) is 0 Å². The summed E-state index contributed by atoms with van der Waals surface area (Å²) >= 11 is 4.61. The van der Waals surface area contributed by atoms with Gasteiger partial charge in [-0.25, -0.2) is 4.99 Å². The number of thiocarbonyl (C=S) groups is 1. The van der Waals surface area contributed by atoms with Crippen molar-refractivity contribution in [2.24, 2.45) is 10.9 Å². The number of benzene rings is 1. The molecule has 1 heterocycles. The zero-order valence-electron chi connectivity index (χ0n) is 19.4. The highest BCUT2D eigenvalue weighted by Gasteiger charge is 2.46. The highest BCUT2D eigenvalue weighted by molar-refractivity contribution is 7.78. The molecule has 2 atom stereocenters. The molecule has 0 radical (unpaired) electrons. The number of aliphatic imine (C=N–C) groups is 1. The highest BCUT2D eigenvalue weighted by Crippen LogP contribution is 2.54. The minimum atomic E-state index is -0.310. The van der Waals surface area contributed by atoms with Gasteiger partial charge in [-0.15, -0.1) is 0 Å². The molecular formula is C26H37NO3S. The molecule has 0 saturated carbocycles. The molecule has 0 saturated heterocycles. The molecule has 4 nitrogen and oxygen atoms in total. The van der Waals surface area contributed by atoms with Gasteiger partial charge < -0.3 is 14.9 Å². The van der Waals surface area contributed by atoms with Gasteiger partial charge in [0.1, 0.15) is 17.1 Å². The molecule has 1 aromatic rings. The monoisotopic (exact) mass is 443 g/mol. The second kappa shape index (κ2) is 9.85. The van der Waals surface area contributed by atoms with Gasteiger partial charge in [-0.1, -0.05) is 39.2 Å². The average Bonchev–Trinajstić information content (AvgIpc) is 2.71. The van der Waals surface area contributed by atoms with Crippen molar-refractivity contribution in [3.05, 3.63) is 34.9 Å². The van der Waals surface area contributed by atoms with E-state index in [0.29, 0.717) is 11.7 Å². The smallest absolute Gasteiger partial charge is 0.127 e. The Bertz CT molecular complexity index is 868. The number of phenols is 1. The number of rotatable bonds is 9. The van der Waals surface area contributed by atoms with E-state index in [1.165, 1.54) is 0 Å². The number of phenolic OH excluding ortho intramolecular Hbond substituents is 1. The summed E-state index contributed by atoms with van der Waals surface area (Å²) in [6.07, 6.45) is 9.35. The summed E-state index contributed by atoms with van der Waals surface area (Å²) < 4.78 is 6.48. The van der Waals surface area contributed by atoms with Crippen LogP contribution in [0.15, 0.2) is 28.8 Å². The summed E-state index contributed by atoms with van der Waals surface area (Å²) in [6, 6.07) is 4.10. The molecule has 0 aromatic heterocycles. The number of unbranched alkanes of at least 4 members (excludes halogenated alkanes) is 3. The van der Waals surface area contributed by atoms with Crippen molar-refractivity contribution < 1.29 is 14.9 Å². The van der Waals surface area contributed by atoms with Crippen LogP contribution >= 0.6 is 12.2 Å². The Balaban J connectivity index is 1.77. The van der Waals surface area contributed by atoms with Crippen molar-refractivity contribution in [1.29, 1.82) is 0 Å². The molecule has 0 amide bonds. The van der Waals surface area contributed by atoms with E-state index in [0.717, 1.165) is 73.9 Å². The third-order valence-corrected chi connectivity index (χ3v) is 7.39.